The molecule has 8 heteroatoms. The maximum absolute atomic E-state index is 12.6. The molecule has 2 aromatic heterocycles. The van der Waals surface area contributed by atoms with Crippen LogP contribution in [0.5, 0.6) is 0 Å². The highest BCUT2D eigenvalue weighted by Crippen LogP contribution is 2.20. The summed E-state index contributed by atoms with van der Waals surface area (Å²) in [5.41, 5.74) is 0.676. The van der Waals surface area contributed by atoms with Crippen LogP contribution in [0.1, 0.15) is 38.3 Å². The van der Waals surface area contributed by atoms with Crippen LogP contribution in [0.4, 0.5) is 14.7 Å². The minimum atomic E-state index is -2.49. The van der Waals surface area contributed by atoms with Crippen LogP contribution in [0.15, 0.2) is 35.3 Å². The molecule has 25 heavy (non-hydrogen) atoms. The van der Waals surface area contributed by atoms with E-state index in [1.165, 1.54) is 18.3 Å². The third-order valence-electron chi connectivity index (χ3n) is 3.77. The third kappa shape index (κ3) is 3.52. The molecule has 0 spiro atoms. The van der Waals surface area contributed by atoms with Crippen molar-refractivity contribution in [2.45, 2.75) is 39.3 Å². The fraction of sp³-hybridized carbons (Fsp3) is 0.353. The number of hydrogen-bond donors (Lipinski definition) is 2. The number of rotatable bonds is 4. The number of halogens is 2. The summed E-state index contributed by atoms with van der Waals surface area (Å²) in [7, 11) is 0. The maximum Gasteiger partial charge on any atom is 0.263 e. The summed E-state index contributed by atoms with van der Waals surface area (Å²) in [6, 6.07) is 6.00. The van der Waals surface area contributed by atoms with E-state index in [0.717, 1.165) is 5.56 Å². The number of aromatic nitrogens is 4. The van der Waals surface area contributed by atoms with Crippen LogP contribution in [0.3, 0.4) is 0 Å². The molecule has 0 bridgehead atoms. The zero-order valence-electron chi connectivity index (χ0n) is 14.2. The highest BCUT2D eigenvalue weighted by atomic mass is 19.3. The Labute approximate surface area is 142 Å². The molecule has 0 saturated heterocycles. The molecule has 3 aromatic rings. The molecule has 2 N–H and O–H groups in total. The van der Waals surface area contributed by atoms with Gasteiger partial charge in [-0.3, -0.25) is 9.78 Å². The van der Waals surface area contributed by atoms with Gasteiger partial charge >= 0.3 is 0 Å². The molecule has 0 saturated carbocycles. The van der Waals surface area contributed by atoms with E-state index >= 15 is 0 Å². The van der Waals surface area contributed by atoms with Crippen LogP contribution in [0.2, 0.25) is 0 Å². The summed E-state index contributed by atoms with van der Waals surface area (Å²) in [6.45, 7) is 6.27. The van der Waals surface area contributed by atoms with E-state index in [-0.39, 0.29) is 16.7 Å². The Morgan fingerprint density at radius 2 is 1.92 bits per heavy atom. The molecule has 0 aliphatic heterocycles. The second kappa shape index (κ2) is 6.27. The Bertz CT molecular complexity index is 938. The van der Waals surface area contributed by atoms with E-state index in [0.29, 0.717) is 23.5 Å². The van der Waals surface area contributed by atoms with Crippen molar-refractivity contribution in [2.75, 3.05) is 5.32 Å². The van der Waals surface area contributed by atoms with E-state index in [9.17, 15) is 13.6 Å². The Balaban J connectivity index is 1.85. The number of alkyl halides is 2. The standard InChI is InChI=1S/C17H19F2N5O/c1-17(2,3)24-14-12(9-21-24)15(25)23-16(22-14)20-8-10-4-6-11(7-5-10)13(18)19/h4-7,9,13H,8H2,1-3H3,(H2,20,22,23,25). The average molecular weight is 347 g/mol. The van der Waals surface area contributed by atoms with Gasteiger partial charge in [0.25, 0.3) is 12.0 Å². The van der Waals surface area contributed by atoms with Gasteiger partial charge in [0.1, 0.15) is 5.39 Å². The average Bonchev–Trinajstić information content (AvgIpc) is 2.98. The highest BCUT2D eigenvalue weighted by molar-refractivity contribution is 5.74. The molecule has 0 unspecified atom stereocenters. The van der Waals surface area contributed by atoms with Gasteiger partial charge in [0.15, 0.2) is 5.65 Å². The van der Waals surface area contributed by atoms with E-state index < -0.39 is 6.43 Å². The van der Waals surface area contributed by atoms with Gasteiger partial charge < -0.3 is 5.32 Å². The number of anilines is 1. The normalized spacial score (nSPS) is 12.1. The van der Waals surface area contributed by atoms with Crippen molar-refractivity contribution in [3.8, 4) is 0 Å². The fourth-order valence-corrected chi connectivity index (χ4v) is 2.46. The lowest BCUT2D eigenvalue weighted by molar-refractivity contribution is 0.151. The lowest BCUT2D eigenvalue weighted by Crippen LogP contribution is -2.24. The maximum atomic E-state index is 12.6. The van der Waals surface area contributed by atoms with Crippen LogP contribution in [0, 0.1) is 0 Å². The molecule has 132 valence electrons. The second-order valence-corrected chi connectivity index (χ2v) is 6.77. The topological polar surface area (TPSA) is 75.6 Å². The van der Waals surface area contributed by atoms with E-state index in [1.807, 2.05) is 20.8 Å². The van der Waals surface area contributed by atoms with Crippen molar-refractivity contribution < 1.29 is 8.78 Å². The first-order chi connectivity index (χ1) is 11.8. The molecule has 6 nitrogen and oxygen atoms in total. The number of aromatic amines is 1. The van der Waals surface area contributed by atoms with Crippen molar-refractivity contribution in [1.82, 2.24) is 19.7 Å². The van der Waals surface area contributed by atoms with E-state index in [1.54, 1.807) is 16.8 Å². The number of nitrogens with zero attached hydrogens (tertiary/aromatic N) is 3. The molecule has 0 amide bonds. The van der Waals surface area contributed by atoms with Crippen molar-refractivity contribution in [1.29, 1.82) is 0 Å². The Morgan fingerprint density at radius 3 is 2.52 bits per heavy atom. The summed E-state index contributed by atoms with van der Waals surface area (Å²) in [5, 5.41) is 7.68. The molecule has 0 radical (unpaired) electrons. The molecule has 3 rings (SSSR count). The summed E-state index contributed by atoms with van der Waals surface area (Å²) < 4.78 is 26.8. The van der Waals surface area contributed by atoms with Gasteiger partial charge in [0.2, 0.25) is 5.95 Å². The van der Waals surface area contributed by atoms with Gasteiger partial charge in [-0.15, -0.1) is 0 Å². The minimum Gasteiger partial charge on any atom is -0.352 e. The summed E-state index contributed by atoms with van der Waals surface area (Å²) in [5.74, 6) is 0.307. The van der Waals surface area contributed by atoms with Crippen molar-refractivity contribution >= 4 is 17.0 Å². The smallest absolute Gasteiger partial charge is 0.263 e. The zero-order chi connectivity index (χ0) is 18.2. The number of nitrogens with one attached hydrogen (secondary N) is 2. The fourth-order valence-electron chi connectivity index (χ4n) is 2.46. The van der Waals surface area contributed by atoms with E-state index in [2.05, 4.69) is 20.4 Å². The quantitative estimate of drug-likeness (QED) is 0.758. The Hall–Kier alpha value is -2.77. The molecular weight excluding hydrogens is 328 g/mol. The van der Waals surface area contributed by atoms with Crippen LogP contribution in [0.25, 0.3) is 11.0 Å². The van der Waals surface area contributed by atoms with Gasteiger partial charge in [-0.1, -0.05) is 24.3 Å². The predicted octanol–water partition coefficient (Wildman–Crippen LogP) is 3.42. The lowest BCUT2D eigenvalue weighted by Gasteiger charge is -2.19. The monoisotopic (exact) mass is 347 g/mol. The first-order valence-corrected chi connectivity index (χ1v) is 7.85. The third-order valence-corrected chi connectivity index (χ3v) is 3.77. The molecule has 0 aliphatic rings. The Morgan fingerprint density at radius 1 is 1.24 bits per heavy atom. The largest absolute Gasteiger partial charge is 0.352 e. The minimum absolute atomic E-state index is 0.0224. The van der Waals surface area contributed by atoms with Gasteiger partial charge in [-0.2, -0.15) is 10.1 Å². The van der Waals surface area contributed by atoms with Crippen LogP contribution < -0.4 is 10.9 Å². The number of H-pyrrole nitrogens is 1. The predicted molar refractivity (Wildman–Crippen MR) is 91.9 cm³/mol. The van der Waals surface area contributed by atoms with Crippen molar-refractivity contribution in [3.63, 3.8) is 0 Å². The van der Waals surface area contributed by atoms with Gasteiger partial charge in [0.05, 0.1) is 11.7 Å². The number of benzene rings is 1. The number of fused-ring (bicyclic) bond motifs is 1. The summed E-state index contributed by atoms with van der Waals surface area (Å²) in [6.07, 6.45) is -0.987. The zero-order valence-corrected chi connectivity index (χ0v) is 14.2. The highest BCUT2D eigenvalue weighted by Gasteiger charge is 2.19. The van der Waals surface area contributed by atoms with Crippen LogP contribution in [-0.4, -0.2) is 19.7 Å². The van der Waals surface area contributed by atoms with E-state index in [4.69, 9.17) is 0 Å². The van der Waals surface area contributed by atoms with Gasteiger partial charge in [0, 0.05) is 12.1 Å². The first-order valence-electron chi connectivity index (χ1n) is 7.85. The second-order valence-electron chi connectivity index (χ2n) is 6.77. The van der Waals surface area contributed by atoms with Crippen molar-refractivity contribution in [2.24, 2.45) is 0 Å². The summed E-state index contributed by atoms with van der Waals surface area (Å²) >= 11 is 0. The molecule has 0 fully saturated rings. The molecule has 0 aliphatic carbocycles. The van der Waals surface area contributed by atoms with Crippen LogP contribution >= 0.6 is 0 Å². The Kier molecular flexibility index (Phi) is 4.28. The molecule has 1 aromatic carbocycles. The first kappa shape index (κ1) is 17.1. The summed E-state index contributed by atoms with van der Waals surface area (Å²) in [4.78, 5) is 19.3. The molecular formula is C17H19F2N5O. The van der Waals surface area contributed by atoms with Gasteiger partial charge in [-0.25, -0.2) is 13.5 Å². The lowest BCUT2D eigenvalue weighted by atomic mass is 10.1. The molecule has 2 heterocycles. The van der Waals surface area contributed by atoms with Crippen LogP contribution in [-0.2, 0) is 12.1 Å². The SMILES string of the molecule is CC(C)(C)n1ncc2c(=O)[nH]c(NCc3ccc(C(F)F)cc3)nc21. The van der Waals surface area contributed by atoms with Crippen molar-refractivity contribution in [3.05, 3.63) is 51.9 Å². The van der Waals surface area contributed by atoms with Gasteiger partial charge in [-0.05, 0) is 26.3 Å². The molecule has 0 atom stereocenters. The number of hydrogen-bond acceptors (Lipinski definition) is 4.